The molecule has 1 saturated heterocycles. The van der Waals surface area contributed by atoms with Crippen LogP contribution in [0.15, 0.2) is 29.6 Å². The number of nitrogens with one attached hydrogen (secondary N) is 1. The fourth-order valence-electron chi connectivity index (χ4n) is 3.09. The van der Waals surface area contributed by atoms with Gasteiger partial charge in [0, 0.05) is 24.0 Å². The number of thiazole rings is 1. The topological polar surface area (TPSA) is 88.6 Å². The molecule has 0 saturated carbocycles. The monoisotopic (exact) mass is 401 g/mol. The van der Waals surface area contributed by atoms with Gasteiger partial charge in [-0.2, -0.15) is 0 Å². The molecule has 28 heavy (non-hydrogen) atoms. The fraction of sp³-hybridized carbons (Fsp3) is 0.400. The molecule has 7 nitrogen and oxygen atoms in total. The second-order valence-electron chi connectivity index (χ2n) is 6.70. The normalized spacial score (nSPS) is 16.5. The number of esters is 1. The summed E-state index contributed by atoms with van der Waals surface area (Å²) in [5.41, 5.74) is 1.91. The van der Waals surface area contributed by atoms with Crippen molar-refractivity contribution in [2.24, 2.45) is 5.92 Å². The van der Waals surface area contributed by atoms with Crippen LogP contribution >= 0.6 is 11.3 Å². The van der Waals surface area contributed by atoms with Gasteiger partial charge >= 0.3 is 5.97 Å². The fourth-order valence-corrected chi connectivity index (χ4v) is 3.77. The first-order valence-electron chi connectivity index (χ1n) is 9.27. The van der Waals surface area contributed by atoms with Crippen LogP contribution in [0.1, 0.15) is 46.2 Å². The maximum atomic E-state index is 12.7. The van der Waals surface area contributed by atoms with Crippen molar-refractivity contribution in [1.29, 1.82) is 0 Å². The van der Waals surface area contributed by atoms with Crippen molar-refractivity contribution in [3.63, 3.8) is 0 Å². The SMILES string of the molecule is CCOC(=O)c1csc(NC(=O)C2CCCN(C(=O)c3ccc(C)cc3)C2)n1. The molecule has 2 heterocycles. The van der Waals surface area contributed by atoms with Gasteiger partial charge in [-0.15, -0.1) is 11.3 Å². The number of rotatable bonds is 5. The largest absolute Gasteiger partial charge is 0.461 e. The number of benzene rings is 1. The number of piperidine rings is 1. The lowest BCUT2D eigenvalue weighted by molar-refractivity contribution is -0.121. The van der Waals surface area contributed by atoms with E-state index in [1.807, 2.05) is 31.2 Å². The van der Waals surface area contributed by atoms with Crippen LogP contribution in [0.4, 0.5) is 5.13 Å². The van der Waals surface area contributed by atoms with Crippen LogP contribution < -0.4 is 5.32 Å². The standard InChI is InChI=1S/C20H23N3O4S/c1-3-27-19(26)16-12-28-20(21-16)22-17(24)15-5-4-10-23(11-15)18(25)14-8-6-13(2)7-9-14/h6-9,12,15H,3-5,10-11H2,1-2H3,(H,21,22,24). The number of nitrogens with zero attached hydrogens (tertiary/aromatic N) is 2. The van der Waals surface area contributed by atoms with E-state index in [1.54, 1.807) is 17.2 Å². The molecule has 1 aromatic heterocycles. The van der Waals surface area contributed by atoms with Crippen molar-refractivity contribution in [1.82, 2.24) is 9.88 Å². The number of aromatic nitrogens is 1. The Balaban J connectivity index is 1.60. The average Bonchev–Trinajstić information content (AvgIpc) is 3.17. The quantitative estimate of drug-likeness (QED) is 0.778. The lowest BCUT2D eigenvalue weighted by atomic mass is 9.96. The molecular weight excluding hydrogens is 378 g/mol. The molecule has 1 fully saturated rings. The maximum absolute atomic E-state index is 12.7. The zero-order valence-corrected chi connectivity index (χ0v) is 16.8. The predicted octanol–water partition coefficient (Wildman–Crippen LogP) is 3.12. The Morgan fingerprint density at radius 1 is 1.29 bits per heavy atom. The molecule has 0 aliphatic carbocycles. The van der Waals surface area contributed by atoms with Crippen LogP contribution in [0.5, 0.6) is 0 Å². The van der Waals surface area contributed by atoms with Gasteiger partial charge in [-0.3, -0.25) is 9.59 Å². The van der Waals surface area contributed by atoms with E-state index in [4.69, 9.17) is 4.74 Å². The number of ether oxygens (including phenoxy) is 1. The summed E-state index contributed by atoms with van der Waals surface area (Å²) in [6.07, 6.45) is 1.47. The van der Waals surface area contributed by atoms with Gasteiger partial charge in [-0.25, -0.2) is 9.78 Å². The van der Waals surface area contributed by atoms with Gasteiger partial charge in [-0.05, 0) is 38.8 Å². The molecule has 0 bridgehead atoms. The van der Waals surface area contributed by atoms with Gasteiger partial charge in [0.1, 0.15) is 0 Å². The first-order chi connectivity index (χ1) is 13.5. The number of carbonyl (C=O) groups excluding carboxylic acids is 3. The highest BCUT2D eigenvalue weighted by atomic mass is 32.1. The maximum Gasteiger partial charge on any atom is 0.357 e. The number of hydrogen-bond acceptors (Lipinski definition) is 6. The minimum absolute atomic E-state index is 0.0589. The Morgan fingerprint density at radius 3 is 2.75 bits per heavy atom. The van der Waals surface area contributed by atoms with Gasteiger partial charge in [-0.1, -0.05) is 17.7 Å². The summed E-state index contributed by atoms with van der Waals surface area (Å²) in [4.78, 5) is 42.8. The van der Waals surface area contributed by atoms with Crippen LogP contribution in [0.3, 0.4) is 0 Å². The summed E-state index contributed by atoms with van der Waals surface area (Å²) in [6.45, 7) is 4.97. The summed E-state index contributed by atoms with van der Waals surface area (Å²) >= 11 is 1.18. The second kappa shape index (κ2) is 8.97. The zero-order chi connectivity index (χ0) is 20.1. The highest BCUT2D eigenvalue weighted by Gasteiger charge is 2.29. The first-order valence-corrected chi connectivity index (χ1v) is 10.2. The van der Waals surface area contributed by atoms with E-state index in [2.05, 4.69) is 10.3 Å². The Hall–Kier alpha value is -2.74. The van der Waals surface area contributed by atoms with Crippen LogP contribution in [0.25, 0.3) is 0 Å². The van der Waals surface area contributed by atoms with Crippen LogP contribution in [0.2, 0.25) is 0 Å². The van der Waals surface area contributed by atoms with Crippen molar-refractivity contribution < 1.29 is 19.1 Å². The summed E-state index contributed by atoms with van der Waals surface area (Å²) < 4.78 is 4.90. The molecule has 3 rings (SSSR count). The van der Waals surface area contributed by atoms with Gasteiger partial charge in [0.05, 0.1) is 12.5 Å². The zero-order valence-electron chi connectivity index (χ0n) is 15.9. The number of anilines is 1. The van der Waals surface area contributed by atoms with Crippen molar-refractivity contribution in [3.8, 4) is 0 Å². The Morgan fingerprint density at radius 2 is 2.04 bits per heavy atom. The third-order valence-electron chi connectivity index (χ3n) is 4.60. The lowest BCUT2D eigenvalue weighted by Crippen LogP contribution is -2.43. The molecule has 2 aromatic rings. The van der Waals surface area contributed by atoms with E-state index in [-0.39, 0.29) is 30.0 Å². The number of carbonyl (C=O) groups is 3. The minimum Gasteiger partial charge on any atom is -0.461 e. The molecule has 8 heteroatoms. The van der Waals surface area contributed by atoms with Crippen LogP contribution in [-0.4, -0.2) is 47.4 Å². The van der Waals surface area contributed by atoms with Crippen LogP contribution in [-0.2, 0) is 9.53 Å². The molecule has 0 radical (unpaired) electrons. The predicted molar refractivity (Wildman–Crippen MR) is 107 cm³/mol. The summed E-state index contributed by atoms with van der Waals surface area (Å²) in [6, 6.07) is 7.44. The van der Waals surface area contributed by atoms with Gasteiger partial charge in [0.25, 0.3) is 5.91 Å². The highest BCUT2D eigenvalue weighted by molar-refractivity contribution is 7.14. The third kappa shape index (κ3) is 4.75. The molecule has 0 spiro atoms. The molecule has 1 aromatic carbocycles. The molecule has 1 aliphatic heterocycles. The number of amides is 2. The second-order valence-corrected chi connectivity index (χ2v) is 7.56. The van der Waals surface area contributed by atoms with Crippen molar-refractivity contribution in [3.05, 3.63) is 46.5 Å². The van der Waals surface area contributed by atoms with Crippen molar-refractivity contribution >= 4 is 34.3 Å². The first kappa shape index (κ1) is 20.0. The van der Waals surface area contributed by atoms with E-state index < -0.39 is 5.97 Å². The Kier molecular flexibility index (Phi) is 6.41. The summed E-state index contributed by atoms with van der Waals surface area (Å²) in [7, 11) is 0. The van der Waals surface area contributed by atoms with Gasteiger partial charge < -0.3 is 15.0 Å². The molecule has 1 N–H and O–H groups in total. The van der Waals surface area contributed by atoms with E-state index >= 15 is 0 Å². The molecule has 1 aliphatic rings. The molecule has 2 amide bonds. The molecule has 1 atom stereocenters. The van der Waals surface area contributed by atoms with Gasteiger partial charge in [0.15, 0.2) is 10.8 Å². The van der Waals surface area contributed by atoms with E-state index in [9.17, 15) is 14.4 Å². The number of aryl methyl sites for hydroxylation is 1. The van der Waals surface area contributed by atoms with E-state index in [1.165, 1.54) is 11.3 Å². The lowest BCUT2D eigenvalue weighted by Gasteiger charge is -2.32. The Labute approximate surface area is 167 Å². The third-order valence-corrected chi connectivity index (χ3v) is 5.35. The number of likely N-dealkylation sites (tertiary alicyclic amines) is 1. The minimum atomic E-state index is -0.508. The molecular formula is C20H23N3O4S. The smallest absolute Gasteiger partial charge is 0.357 e. The van der Waals surface area contributed by atoms with Crippen molar-refractivity contribution in [2.45, 2.75) is 26.7 Å². The van der Waals surface area contributed by atoms with E-state index in [0.717, 1.165) is 12.0 Å². The Bertz CT molecular complexity index is 863. The van der Waals surface area contributed by atoms with Crippen molar-refractivity contribution in [2.75, 3.05) is 25.0 Å². The number of hydrogen-bond donors (Lipinski definition) is 1. The molecule has 1 unspecified atom stereocenters. The highest BCUT2D eigenvalue weighted by Crippen LogP contribution is 2.22. The average molecular weight is 401 g/mol. The van der Waals surface area contributed by atoms with Gasteiger partial charge in [0.2, 0.25) is 5.91 Å². The summed E-state index contributed by atoms with van der Waals surface area (Å²) in [5.74, 6) is -1.06. The van der Waals surface area contributed by atoms with Crippen LogP contribution in [0, 0.1) is 12.8 Å². The van der Waals surface area contributed by atoms with E-state index in [0.29, 0.717) is 30.2 Å². The molecule has 148 valence electrons. The summed E-state index contributed by atoms with van der Waals surface area (Å²) in [5, 5.41) is 4.67.